The summed E-state index contributed by atoms with van der Waals surface area (Å²) in [5.74, 6) is 0.0891. The van der Waals surface area contributed by atoms with Gasteiger partial charge in [0.1, 0.15) is 23.9 Å². The van der Waals surface area contributed by atoms with Gasteiger partial charge in [0, 0.05) is 6.54 Å². The van der Waals surface area contributed by atoms with Gasteiger partial charge in [0.05, 0.1) is 18.3 Å². The highest BCUT2D eigenvalue weighted by Crippen LogP contribution is 2.27. The van der Waals surface area contributed by atoms with Crippen LogP contribution in [0.5, 0.6) is 0 Å². The van der Waals surface area contributed by atoms with Crippen molar-refractivity contribution in [2.75, 3.05) is 0 Å². The highest BCUT2D eigenvalue weighted by Gasteiger charge is 2.33. The molecule has 5 aromatic rings. The second-order valence-corrected chi connectivity index (χ2v) is 8.80. The van der Waals surface area contributed by atoms with E-state index in [4.69, 9.17) is 4.42 Å². The molecule has 0 aliphatic carbocycles. The van der Waals surface area contributed by atoms with Crippen LogP contribution in [0.25, 0.3) is 11.0 Å². The maximum absolute atomic E-state index is 14.0. The van der Waals surface area contributed by atoms with Crippen molar-refractivity contribution in [3.63, 3.8) is 0 Å². The zero-order valence-corrected chi connectivity index (χ0v) is 20.4. The molecule has 37 heavy (non-hydrogen) atoms. The number of carbonyl (C=O) groups excluding carboxylic acids is 2. The molecule has 3 aromatic carbocycles. The summed E-state index contributed by atoms with van der Waals surface area (Å²) in [6, 6.07) is 27.5. The quantitative estimate of drug-likeness (QED) is 0.328. The minimum atomic E-state index is -0.862. The van der Waals surface area contributed by atoms with Gasteiger partial charge in [-0.05, 0) is 47.9 Å². The van der Waals surface area contributed by atoms with Crippen LogP contribution in [0.3, 0.4) is 0 Å². The smallest absolute Gasteiger partial charge is 0.247 e. The van der Waals surface area contributed by atoms with Crippen molar-refractivity contribution in [1.29, 1.82) is 0 Å². The zero-order chi connectivity index (χ0) is 25.6. The molecule has 0 spiro atoms. The fraction of sp³-hybridized carbons (Fsp3) is 0.172. The van der Waals surface area contributed by atoms with Crippen molar-refractivity contribution in [3.8, 4) is 0 Å². The Hall–Kier alpha value is -4.72. The predicted molar refractivity (Wildman–Crippen MR) is 139 cm³/mol. The van der Waals surface area contributed by atoms with E-state index in [1.165, 1.54) is 0 Å². The lowest BCUT2D eigenvalue weighted by molar-refractivity contribution is -0.142. The van der Waals surface area contributed by atoms with E-state index in [0.717, 1.165) is 22.2 Å². The van der Waals surface area contributed by atoms with Crippen molar-refractivity contribution in [3.05, 3.63) is 120 Å². The Morgan fingerprint density at radius 3 is 2.49 bits per heavy atom. The van der Waals surface area contributed by atoms with Gasteiger partial charge in [-0.25, -0.2) is 4.68 Å². The Morgan fingerprint density at radius 2 is 1.70 bits per heavy atom. The molecule has 0 fully saturated rings. The molecule has 186 valence electrons. The summed E-state index contributed by atoms with van der Waals surface area (Å²) in [5.41, 5.74) is 4.04. The Balaban J connectivity index is 1.52. The van der Waals surface area contributed by atoms with Crippen molar-refractivity contribution in [2.24, 2.45) is 0 Å². The van der Waals surface area contributed by atoms with Gasteiger partial charge in [0.15, 0.2) is 0 Å². The molecule has 0 unspecified atom stereocenters. The van der Waals surface area contributed by atoms with E-state index >= 15 is 0 Å². The van der Waals surface area contributed by atoms with E-state index in [9.17, 15) is 9.59 Å². The number of hydrogen-bond acceptors (Lipinski definition) is 5. The van der Waals surface area contributed by atoms with Crippen LogP contribution in [0, 0.1) is 6.92 Å². The molecule has 0 saturated carbocycles. The van der Waals surface area contributed by atoms with Gasteiger partial charge >= 0.3 is 0 Å². The van der Waals surface area contributed by atoms with E-state index in [1.54, 1.807) is 28.0 Å². The van der Waals surface area contributed by atoms with Gasteiger partial charge in [-0.1, -0.05) is 71.9 Å². The van der Waals surface area contributed by atoms with Gasteiger partial charge in [-0.3, -0.25) is 9.59 Å². The standard InChI is InChI=1S/C29H27N5O3/c1-21-10-5-6-14-24(21)28(29(36)30-18-23-13-9-17-37-23)33(19-22-11-3-2-4-12-22)27(35)20-34-26-16-8-7-15-25(26)31-32-34/h2-17,28H,18-20H2,1H3,(H,30,36)/t28-/m1/s1. The maximum Gasteiger partial charge on any atom is 0.247 e. The number of hydrogen-bond donors (Lipinski definition) is 1. The summed E-state index contributed by atoms with van der Waals surface area (Å²) >= 11 is 0. The molecule has 2 heterocycles. The summed E-state index contributed by atoms with van der Waals surface area (Å²) in [7, 11) is 0. The molecule has 0 aliphatic heterocycles. The molecule has 0 radical (unpaired) electrons. The Morgan fingerprint density at radius 1 is 0.946 bits per heavy atom. The van der Waals surface area contributed by atoms with Gasteiger partial charge in [0.2, 0.25) is 11.8 Å². The van der Waals surface area contributed by atoms with Crippen molar-refractivity contribution >= 4 is 22.8 Å². The van der Waals surface area contributed by atoms with Crippen molar-refractivity contribution < 1.29 is 14.0 Å². The molecule has 0 saturated heterocycles. The fourth-order valence-electron chi connectivity index (χ4n) is 4.38. The van der Waals surface area contributed by atoms with Crippen LogP contribution in [-0.2, 0) is 29.2 Å². The first-order valence-electron chi connectivity index (χ1n) is 12.1. The molecule has 0 aliphatic rings. The second kappa shape index (κ2) is 10.9. The number of nitrogens with zero attached hydrogens (tertiary/aromatic N) is 4. The lowest BCUT2D eigenvalue weighted by atomic mass is 9.98. The van der Waals surface area contributed by atoms with Gasteiger partial charge in [0.25, 0.3) is 0 Å². The number of aromatic nitrogens is 3. The normalized spacial score (nSPS) is 11.8. The van der Waals surface area contributed by atoms with Crippen LogP contribution < -0.4 is 5.32 Å². The minimum absolute atomic E-state index is 0.0544. The summed E-state index contributed by atoms with van der Waals surface area (Å²) in [5, 5.41) is 11.3. The first-order valence-corrected chi connectivity index (χ1v) is 12.1. The monoisotopic (exact) mass is 493 g/mol. The van der Waals surface area contributed by atoms with Crippen LogP contribution in [0.2, 0.25) is 0 Å². The summed E-state index contributed by atoms with van der Waals surface area (Å²) in [6.07, 6.45) is 1.56. The zero-order valence-electron chi connectivity index (χ0n) is 20.4. The highest BCUT2D eigenvalue weighted by molar-refractivity contribution is 5.89. The molecule has 2 aromatic heterocycles. The molecule has 2 amide bonds. The Labute approximate surface area is 214 Å². The number of para-hydroxylation sites is 1. The fourth-order valence-corrected chi connectivity index (χ4v) is 4.38. The largest absolute Gasteiger partial charge is 0.467 e. The van der Waals surface area contributed by atoms with E-state index in [-0.39, 0.29) is 31.4 Å². The van der Waals surface area contributed by atoms with Gasteiger partial charge < -0.3 is 14.6 Å². The second-order valence-electron chi connectivity index (χ2n) is 8.80. The Kier molecular flexibility index (Phi) is 7.07. The molecule has 1 N–H and O–H groups in total. The molecule has 5 rings (SSSR count). The number of amides is 2. The van der Waals surface area contributed by atoms with Crippen molar-refractivity contribution in [1.82, 2.24) is 25.2 Å². The molecule has 8 nitrogen and oxygen atoms in total. The third-order valence-corrected chi connectivity index (χ3v) is 6.28. The molecule has 8 heteroatoms. The Bertz CT molecular complexity index is 1490. The van der Waals surface area contributed by atoms with Crippen LogP contribution in [0.4, 0.5) is 0 Å². The summed E-state index contributed by atoms with van der Waals surface area (Å²) < 4.78 is 6.97. The topological polar surface area (TPSA) is 93.3 Å². The first-order chi connectivity index (χ1) is 18.1. The number of furan rings is 1. The molecular formula is C29H27N5O3. The lowest BCUT2D eigenvalue weighted by Gasteiger charge is -2.32. The maximum atomic E-state index is 14.0. The van der Waals surface area contributed by atoms with Crippen LogP contribution in [0.1, 0.15) is 28.5 Å². The van der Waals surface area contributed by atoms with E-state index < -0.39 is 6.04 Å². The van der Waals surface area contributed by atoms with Gasteiger partial charge in [-0.2, -0.15) is 0 Å². The van der Waals surface area contributed by atoms with Crippen LogP contribution in [-0.4, -0.2) is 31.7 Å². The number of aryl methyl sites for hydroxylation is 1. The van der Waals surface area contributed by atoms with Crippen molar-refractivity contribution in [2.45, 2.75) is 32.6 Å². The average Bonchev–Trinajstić information content (AvgIpc) is 3.59. The number of carbonyl (C=O) groups is 2. The number of fused-ring (bicyclic) bond motifs is 1. The average molecular weight is 494 g/mol. The third-order valence-electron chi connectivity index (χ3n) is 6.28. The third kappa shape index (κ3) is 5.43. The van der Waals surface area contributed by atoms with E-state index in [1.807, 2.05) is 85.8 Å². The predicted octanol–water partition coefficient (Wildman–Crippen LogP) is 4.42. The lowest BCUT2D eigenvalue weighted by Crippen LogP contribution is -2.44. The highest BCUT2D eigenvalue weighted by atomic mass is 16.3. The van der Waals surface area contributed by atoms with E-state index in [2.05, 4.69) is 15.6 Å². The van der Waals surface area contributed by atoms with Crippen LogP contribution >= 0.6 is 0 Å². The number of nitrogens with one attached hydrogen (secondary N) is 1. The van der Waals surface area contributed by atoms with E-state index in [0.29, 0.717) is 11.3 Å². The first kappa shape index (κ1) is 24.0. The number of rotatable bonds is 9. The molecular weight excluding hydrogens is 466 g/mol. The van der Waals surface area contributed by atoms with Crippen LogP contribution in [0.15, 0.2) is 102 Å². The summed E-state index contributed by atoms with van der Waals surface area (Å²) in [6.45, 7) is 2.36. The SMILES string of the molecule is Cc1ccccc1[C@H](C(=O)NCc1ccco1)N(Cc1ccccc1)C(=O)Cn1nnc2ccccc21. The minimum Gasteiger partial charge on any atom is -0.467 e. The number of benzene rings is 3. The van der Waals surface area contributed by atoms with Gasteiger partial charge in [-0.15, -0.1) is 5.10 Å². The summed E-state index contributed by atoms with van der Waals surface area (Å²) in [4.78, 5) is 29.3. The molecule has 0 bridgehead atoms. The molecule has 1 atom stereocenters.